The molecule has 1 heteroatoms. The first kappa shape index (κ1) is 38.7. The van der Waals surface area contributed by atoms with E-state index in [0.29, 0.717) is 0 Å². The molecular weight excluding hydrogens is 783 g/mol. The van der Waals surface area contributed by atoms with Crippen LogP contribution >= 0.6 is 0 Å². The van der Waals surface area contributed by atoms with E-state index < -0.39 is 5.41 Å². The van der Waals surface area contributed by atoms with Gasteiger partial charge >= 0.3 is 0 Å². The summed E-state index contributed by atoms with van der Waals surface area (Å²) in [6.07, 6.45) is 0. The van der Waals surface area contributed by atoms with Crippen LogP contribution in [0.25, 0.3) is 55.6 Å². The summed E-state index contributed by atoms with van der Waals surface area (Å²) in [5.41, 5.74) is 22.5. The standard InChI is InChI=1S/C64H47N/c1-63(2)57-31-17-15-28-52(57)54-40-39-51(43-59(54)63)65(60-41-36-48(45-22-9-4-10-23-45)42-56(60)47-24-11-5-12-25-47)61-33-19-30-55-53-29-16-18-32-58(53)64(62(55)61,49-26-13-6-14-27-49)50-37-34-46(35-38-50)44-20-7-3-8-21-44/h3-43H,1-2H3. The molecule has 10 aromatic rings. The van der Waals surface area contributed by atoms with Crippen molar-refractivity contribution in [2.75, 3.05) is 4.90 Å². The third-order valence-corrected chi connectivity index (χ3v) is 14.2. The van der Waals surface area contributed by atoms with Crippen molar-refractivity contribution in [3.63, 3.8) is 0 Å². The molecule has 0 radical (unpaired) electrons. The molecule has 1 unspecified atom stereocenters. The Kier molecular flexibility index (Phi) is 9.14. The van der Waals surface area contributed by atoms with E-state index in [1.54, 1.807) is 0 Å². The zero-order chi connectivity index (χ0) is 43.5. The Morgan fingerprint density at radius 3 is 1.46 bits per heavy atom. The third-order valence-electron chi connectivity index (χ3n) is 14.2. The van der Waals surface area contributed by atoms with E-state index in [9.17, 15) is 0 Å². The molecule has 12 rings (SSSR count). The Balaban J connectivity index is 1.18. The predicted molar refractivity (Wildman–Crippen MR) is 272 cm³/mol. The maximum atomic E-state index is 2.58. The van der Waals surface area contributed by atoms with Gasteiger partial charge in [0.1, 0.15) is 0 Å². The first-order valence-electron chi connectivity index (χ1n) is 22.8. The Morgan fingerprint density at radius 2 is 0.785 bits per heavy atom. The van der Waals surface area contributed by atoms with Gasteiger partial charge in [0, 0.05) is 22.2 Å². The SMILES string of the molecule is CC1(C)c2ccccc2-c2ccc(N(c3ccc(-c4ccccc4)cc3-c3ccccc3)c3cccc4c3C(c3ccccc3)(c3ccc(-c5ccccc5)cc3)c3ccccc3-4)cc21. The Hall–Kier alpha value is -8.00. The lowest BCUT2D eigenvalue weighted by molar-refractivity contribution is 0.660. The van der Waals surface area contributed by atoms with Crippen molar-refractivity contribution >= 4 is 17.1 Å². The number of anilines is 3. The van der Waals surface area contributed by atoms with Gasteiger partial charge in [0.15, 0.2) is 0 Å². The molecule has 10 aromatic carbocycles. The third kappa shape index (κ3) is 6.07. The summed E-state index contributed by atoms with van der Waals surface area (Å²) in [6.45, 7) is 4.76. The van der Waals surface area contributed by atoms with Gasteiger partial charge in [-0.25, -0.2) is 0 Å². The number of hydrogen-bond acceptors (Lipinski definition) is 1. The number of fused-ring (bicyclic) bond motifs is 6. The van der Waals surface area contributed by atoms with Gasteiger partial charge in [-0.05, 0) is 108 Å². The van der Waals surface area contributed by atoms with Gasteiger partial charge in [-0.1, -0.05) is 232 Å². The van der Waals surface area contributed by atoms with E-state index in [-0.39, 0.29) is 5.41 Å². The first-order chi connectivity index (χ1) is 32.0. The van der Waals surface area contributed by atoms with E-state index in [0.717, 1.165) is 17.1 Å². The average Bonchev–Trinajstić information content (AvgIpc) is 3.81. The van der Waals surface area contributed by atoms with Gasteiger partial charge in [0.2, 0.25) is 0 Å². The quantitative estimate of drug-likeness (QED) is 0.147. The second-order valence-electron chi connectivity index (χ2n) is 18.0. The fraction of sp³-hybridized carbons (Fsp3) is 0.0625. The largest absolute Gasteiger partial charge is 0.310 e. The van der Waals surface area contributed by atoms with Crippen molar-refractivity contribution in [1.82, 2.24) is 0 Å². The van der Waals surface area contributed by atoms with Crippen LogP contribution in [-0.4, -0.2) is 0 Å². The minimum atomic E-state index is -0.652. The number of benzene rings is 10. The molecule has 1 atom stereocenters. The predicted octanol–water partition coefficient (Wildman–Crippen LogP) is 16.8. The molecule has 308 valence electrons. The van der Waals surface area contributed by atoms with Gasteiger partial charge in [-0.15, -0.1) is 0 Å². The highest BCUT2D eigenvalue weighted by Crippen LogP contribution is 2.61. The summed E-state index contributed by atoms with van der Waals surface area (Å²) in [7, 11) is 0. The molecule has 65 heavy (non-hydrogen) atoms. The lowest BCUT2D eigenvalue weighted by atomic mass is 9.67. The molecule has 2 aliphatic rings. The Bertz CT molecular complexity index is 3370. The lowest BCUT2D eigenvalue weighted by Gasteiger charge is -2.38. The summed E-state index contributed by atoms with van der Waals surface area (Å²) in [5.74, 6) is 0. The second kappa shape index (κ2) is 15.4. The van der Waals surface area contributed by atoms with Crippen LogP contribution in [0.4, 0.5) is 17.1 Å². The van der Waals surface area contributed by atoms with Crippen LogP contribution in [0, 0.1) is 0 Å². The highest BCUT2D eigenvalue weighted by molar-refractivity contribution is 5.98. The van der Waals surface area contributed by atoms with Crippen molar-refractivity contribution < 1.29 is 0 Å². The van der Waals surface area contributed by atoms with Crippen molar-refractivity contribution in [1.29, 1.82) is 0 Å². The van der Waals surface area contributed by atoms with Gasteiger partial charge in [-0.2, -0.15) is 0 Å². The molecule has 0 amide bonds. The highest BCUT2D eigenvalue weighted by Gasteiger charge is 2.48. The van der Waals surface area contributed by atoms with Crippen LogP contribution in [0.3, 0.4) is 0 Å². The van der Waals surface area contributed by atoms with Gasteiger partial charge in [0.05, 0.1) is 16.8 Å². The topological polar surface area (TPSA) is 3.24 Å². The molecule has 0 aromatic heterocycles. The van der Waals surface area contributed by atoms with Crippen molar-refractivity contribution in [2.24, 2.45) is 0 Å². The number of hydrogen-bond donors (Lipinski definition) is 0. The monoisotopic (exact) mass is 829 g/mol. The van der Waals surface area contributed by atoms with Gasteiger partial charge < -0.3 is 4.90 Å². The van der Waals surface area contributed by atoms with Gasteiger partial charge in [0.25, 0.3) is 0 Å². The van der Waals surface area contributed by atoms with E-state index in [1.165, 1.54) is 89.0 Å². The number of rotatable bonds is 8. The Morgan fingerprint density at radius 1 is 0.292 bits per heavy atom. The van der Waals surface area contributed by atoms with Crippen LogP contribution in [0.15, 0.2) is 249 Å². The van der Waals surface area contributed by atoms with E-state index >= 15 is 0 Å². The molecule has 0 spiro atoms. The maximum absolute atomic E-state index is 2.58. The summed E-state index contributed by atoms with van der Waals surface area (Å²) in [6, 6.07) is 92.3. The summed E-state index contributed by atoms with van der Waals surface area (Å²) < 4.78 is 0. The van der Waals surface area contributed by atoms with Crippen molar-refractivity contribution in [3.8, 4) is 55.6 Å². The van der Waals surface area contributed by atoms with E-state index in [1.807, 2.05) is 0 Å². The smallest absolute Gasteiger partial charge is 0.0734 e. The zero-order valence-electron chi connectivity index (χ0n) is 36.6. The molecular formula is C64H47N. The van der Waals surface area contributed by atoms with Crippen LogP contribution in [-0.2, 0) is 10.8 Å². The fourth-order valence-corrected chi connectivity index (χ4v) is 11.2. The second-order valence-corrected chi connectivity index (χ2v) is 18.0. The molecule has 0 fully saturated rings. The molecule has 1 nitrogen and oxygen atoms in total. The maximum Gasteiger partial charge on any atom is 0.0734 e. The summed E-state index contributed by atoms with van der Waals surface area (Å²) >= 11 is 0. The van der Waals surface area contributed by atoms with Crippen molar-refractivity contribution in [3.05, 3.63) is 282 Å². The summed E-state index contributed by atoms with van der Waals surface area (Å²) in [4.78, 5) is 2.58. The van der Waals surface area contributed by atoms with E-state index in [2.05, 4.69) is 267 Å². The molecule has 0 heterocycles. The van der Waals surface area contributed by atoms with E-state index in [4.69, 9.17) is 0 Å². The minimum absolute atomic E-state index is 0.184. The normalized spacial score (nSPS) is 15.1. The van der Waals surface area contributed by atoms with Crippen molar-refractivity contribution in [2.45, 2.75) is 24.7 Å². The minimum Gasteiger partial charge on any atom is -0.310 e. The molecule has 0 saturated heterocycles. The van der Waals surface area contributed by atoms with Gasteiger partial charge in [-0.3, -0.25) is 0 Å². The molecule has 0 saturated carbocycles. The highest BCUT2D eigenvalue weighted by atomic mass is 15.1. The van der Waals surface area contributed by atoms with Crippen LogP contribution in [0.1, 0.15) is 47.2 Å². The first-order valence-corrected chi connectivity index (χ1v) is 22.8. The fourth-order valence-electron chi connectivity index (χ4n) is 11.2. The lowest BCUT2D eigenvalue weighted by Crippen LogP contribution is -2.30. The van der Waals surface area contributed by atoms with Crippen LogP contribution < -0.4 is 4.90 Å². The summed E-state index contributed by atoms with van der Waals surface area (Å²) in [5, 5.41) is 0. The molecule has 0 N–H and O–H groups in total. The zero-order valence-corrected chi connectivity index (χ0v) is 36.6. The average molecular weight is 830 g/mol. The van der Waals surface area contributed by atoms with Crippen LogP contribution in [0.5, 0.6) is 0 Å². The van der Waals surface area contributed by atoms with Crippen LogP contribution in [0.2, 0.25) is 0 Å². The molecule has 0 aliphatic heterocycles. The molecule has 0 bridgehead atoms. The Labute approximate surface area is 382 Å². The molecule has 2 aliphatic carbocycles. The number of nitrogens with zero attached hydrogens (tertiary/aromatic N) is 1.